The molecule has 0 amide bonds. The van der Waals surface area contributed by atoms with Gasteiger partial charge in [-0.15, -0.1) is 0 Å². The molecule has 0 N–H and O–H groups in total. The third kappa shape index (κ3) is 5.08. The molecule has 33 heavy (non-hydrogen) atoms. The van der Waals surface area contributed by atoms with E-state index < -0.39 is 0 Å². The monoisotopic (exact) mass is 439 g/mol. The fourth-order valence-electron chi connectivity index (χ4n) is 4.38. The molecule has 1 fully saturated rings. The Hall–Kier alpha value is -3.60. The summed E-state index contributed by atoms with van der Waals surface area (Å²) in [5.41, 5.74) is 5.13. The predicted octanol–water partition coefficient (Wildman–Crippen LogP) is 6.44. The van der Waals surface area contributed by atoms with E-state index in [1.165, 1.54) is 24.8 Å². The topological polar surface area (TPSA) is 49.2 Å². The zero-order chi connectivity index (χ0) is 22.5. The molecule has 2 aromatic carbocycles. The lowest BCUT2D eigenvalue weighted by Crippen LogP contribution is -2.19. The zero-order valence-corrected chi connectivity index (χ0v) is 19.0. The van der Waals surface area contributed by atoms with Gasteiger partial charge in [0, 0.05) is 12.6 Å². The molecule has 5 heteroatoms. The van der Waals surface area contributed by atoms with Crippen LogP contribution in [0, 0.1) is 0 Å². The maximum absolute atomic E-state index is 6.17. The largest absolute Gasteiger partial charge is 0.489 e. The van der Waals surface area contributed by atoms with E-state index in [0.717, 1.165) is 46.9 Å². The third-order valence-corrected chi connectivity index (χ3v) is 6.25. The van der Waals surface area contributed by atoms with Gasteiger partial charge in [0.2, 0.25) is 0 Å². The molecule has 1 aliphatic carbocycles. The molecular weight excluding hydrogens is 410 g/mol. The van der Waals surface area contributed by atoms with Crippen molar-refractivity contribution in [2.24, 2.45) is 7.05 Å². The fourth-order valence-corrected chi connectivity index (χ4v) is 4.38. The van der Waals surface area contributed by atoms with Crippen LogP contribution in [0.5, 0.6) is 11.5 Å². The van der Waals surface area contributed by atoms with E-state index in [-0.39, 0.29) is 0 Å². The van der Waals surface area contributed by atoms with Gasteiger partial charge < -0.3 is 9.47 Å². The highest BCUT2D eigenvalue weighted by Gasteiger charge is 2.16. The molecule has 0 saturated heterocycles. The highest BCUT2D eigenvalue weighted by molar-refractivity contribution is 5.65. The Balaban J connectivity index is 1.29. The maximum Gasteiger partial charge on any atom is 0.138 e. The number of ether oxygens (including phenoxy) is 2. The second kappa shape index (κ2) is 9.90. The van der Waals surface area contributed by atoms with Crippen molar-refractivity contribution in [3.05, 3.63) is 84.8 Å². The summed E-state index contributed by atoms with van der Waals surface area (Å²) in [6.07, 6.45) is 10.1. The highest BCUT2D eigenvalue weighted by atomic mass is 16.5. The lowest BCUT2D eigenvalue weighted by molar-refractivity contribution is 0.154. The van der Waals surface area contributed by atoms with E-state index in [1.54, 1.807) is 0 Å². The van der Waals surface area contributed by atoms with Crippen molar-refractivity contribution in [1.82, 2.24) is 14.8 Å². The highest BCUT2D eigenvalue weighted by Crippen LogP contribution is 2.28. The van der Waals surface area contributed by atoms with Crippen LogP contribution in [0.1, 0.15) is 37.8 Å². The number of nitrogens with zero attached hydrogens (tertiary/aromatic N) is 3. The molecule has 1 aliphatic rings. The quantitative estimate of drug-likeness (QED) is 0.332. The van der Waals surface area contributed by atoms with Crippen molar-refractivity contribution in [3.63, 3.8) is 0 Å². The van der Waals surface area contributed by atoms with Gasteiger partial charge in [-0.2, -0.15) is 5.10 Å². The van der Waals surface area contributed by atoms with Crippen LogP contribution in [0.15, 0.2) is 79.1 Å². The molecule has 0 radical (unpaired) electrons. The minimum Gasteiger partial charge on any atom is -0.489 e. The van der Waals surface area contributed by atoms with Crippen LogP contribution in [0.2, 0.25) is 0 Å². The number of aromatic nitrogens is 3. The normalized spacial score (nSPS) is 14.2. The van der Waals surface area contributed by atoms with Gasteiger partial charge in [-0.05, 0) is 61.1 Å². The summed E-state index contributed by atoms with van der Waals surface area (Å²) in [6, 6.07) is 22.5. The van der Waals surface area contributed by atoms with Gasteiger partial charge in [0.15, 0.2) is 0 Å². The van der Waals surface area contributed by atoms with Crippen LogP contribution in [0.3, 0.4) is 0 Å². The molecule has 0 atom stereocenters. The Morgan fingerprint density at radius 1 is 0.848 bits per heavy atom. The minimum absolute atomic E-state index is 0.320. The van der Waals surface area contributed by atoms with Gasteiger partial charge in [-0.1, -0.05) is 48.9 Å². The Morgan fingerprint density at radius 2 is 1.67 bits per heavy atom. The van der Waals surface area contributed by atoms with Crippen molar-refractivity contribution in [2.75, 3.05) is 0 Å². The maximum atomic E-state index is 6.17. The summed E-state index contributed by atoms with van der Waals surface area (Å²) in [4.78, 5) is 4.66. The Kier molecular flexibility index (Phi) is 6.38. The molecular formula is C28H29N3O2. The molecule has 2 aromatic heterocycles. The molecule has 2 heterocycles. The number of hydrogen-bond donors (Lipinski definition) is 0. The van der Waals surface area contributed by atoms with E-state index in [0.29, 0.717) is 12.7 Å². The Labute approximate surface area is 195 Å². The number of aryl methyl sites for hydroxylation is 1. The van der Waals surface area contributed by atoms with Gasteiger partial charge in [0.25, 0.3) is 0 Å². The van der Waals surface area contributed by atoms with E-state index in [9.17, 15) is 0 Å². The van der Waals surface area contributed by atoms with Gasteiger partial charge in [-0.3, -0.25) is 9.67 Å². The summed E-state index contributed by atoms with van der Waals surface area (Å²) in [5, 5.41) is 4.45. The second-order valence-corrected chi connectivity index (χ2v) is 8.57. The summed E-state index contributed by atoms with van der Waals surface area (Å²) >= 11 is 0. The predicted molar refractivity (Wildman–Crippen MR) is 130 cm³/mol. The minimum atomic E-state index is 0.320. The van der Waals surface area contributed by atoms with Crippen molar-refractivity contribution in [1.29, 1.82) is 0 Å². The summed E-state index contributed by atoms with van der Waals surface area (Å²) in [5.74, 6) is 1.66. The fraction of sp³-hybridized carbons (Fsp3) is 0.286. The van der Waals surface area contributed by atoms with Gasteiger partial charge >= 0.3 is 0 Å². The van der Waals surface area contributed by atoms with Gasteiger partial charge in [0.05, 0.1) is 29.9 Å². The molecule has 1 saturated carbocycles. The van der Waals surface area contributed by atoms with E-state index >= 15 is 0 Å². The standard InChI is InChI=1S/C28H29N3O2/c1-31-28(20-32-24-14-8-11-22(17-24)21-9-4-2-5-10-21)26(19-30-31)27-16-15-25(18-29-27)33-23-12-6-3-7-13-23/h2,4-5,8-11,14-19,23H,3,6-7,12-13,20H2,1H3. The number of pyridine rings is 1. The molecule has 5 nitrogen and oxygen atoms in total. The Bertz CT molecular complexity index is 1180. The van der Waals surface area contributed by atoms with Crippen LogP contribution in [-0.4, -0.2) is 20.9 Å². The van der Waals surface area contributed by atoms with E-state index in [2.05, 4.69) is 34.3 Å². The molecule has 0 unspecified atom stereocenters. The zero-order valence-electron chi connectivity index (χ0n) is 19.0. The average molecular weight is 440 g/mol. The summed E-state index contributed by atoms with van der Waals surface area (Å²) in [7, 11) is 1.93. The van der Waals surface area contributed by atoms with Crippen molar-refractivity contribution in [2.45, 2.75) is 44.8 Å². The van der Waals surface area contributed by atoms with Crippen LogP contribution >= 0.6 is 0 Å². The Morgan fingerprint density at radius 3 is 2.45 bits per heavy atom. The average Bonchev–Trinajstić information content (AvgIpc) is 3.25. The molecule has 0 spiro atoms. The SMILES string of the molecule is Cn1ncc(-c2ccc(OC3CCCCC3)cn2)c1COc1cccc(-c2ccccc2)c1. The molecule has 168 valence electrons. The first kappa shape index (κ1) is 21.3. The number of rotatable bonds is 7. The van der Waals surface area contributed by atoms with Crippen LogP contribution in [-0.2, 0) is 13.7 Å². The third-order valence-electron chi connectivity index (χ3n) is 6.25. The van der Waals surface area contributed by atoms with E-state index in [4.69, 9.17) is 9.47 Å². The molecule has 0 bridgehead atoms. The number of benzene rings is 2. The van der Waals surface area contributed by atoms with E-state index in [1.807, 2.05) is 66.6 Å². The van der Waals surface area contributed by atoms with Crippen LogP contribution in [0.4, 0.5) is 0 Å². The van der Waals surface area contributed by atoms with Crippen molar-refractivity contribution < 1.29 is 9.47 Å². The lowest BCUT2D eigenvalue weighted by Gasteiger charge is -2.22. The van der Waals surface area contributed by atoms with Gasteiger partial charge in [0.1, 0.15) is 18.1 Å². The van der Waals surface area contributed by atoms with Crippen molar-refractivity contribution in [3.8, 4) is 33.9 Å². The molecule has 5 rings (SSSR count). The van der Waals surface area contributed by atoms with Crippen LogP contribution in [0.25, 0.3) is 22.4 Å². The van der Waals surface area contributed by atoms with Gasteiger partial charge in [-0.25, -0.2) is 0 Å². The summed E-state index contributed by atoms with van der Waals surface area (Å²) in [6.45, 7) is 0.409. The first-order valence-corrected chi connectivity index (χ1v) is 11.7. The second-order valence-electron chi connectivity index (χ2n) is 8.57. The molecule has 0 aliphatic heterocycles. The van der Waals surface area contributed by atoms with Crippen LogP contribution < -0.4 is 9.47 Å². The first-order chi connectivity index (χ1) is 16.3. The smallest absolute Gasteiger partial charge is 0.138 e. The lowest BCUT2D eigenvalue weighted by atomic mass is 9.98. The molecule has 4 aromatic rings. The first-order valence-electron chi connectivity index (χ1n) is 11.7. The number of hydrogen-bond acceptors (Lipinski definition) is 4. The van der Waals surface area contributed by atoms with Crippen molar-refractivity contribution >= 4 is 0 Å². The summed E-state index contributed by atoms with van der Waals surface area (Å²) < 4.78 is 14.1.